The Balaban J connectivity index is 0.00000220. The molecule has 0 atom stereocenters. The molecule has 0 aliphatic rings. The Bertz CT molecular complexity index is 540. The molecule has 1 amide bonds. The number of carbonyl (C=O) groups is 1. The Kier molecular flexibility index (Phi) is 10.1. The van der Waals surface area contributed by atoms with Gasteiger partial charge in [0.1, 0.15) is 5.69 Å². The van der Waals surface area contributed by atoms with E-state index in [2.05, 4.69) is 9.97 Å². The van der Waals surface area contributed by atoms with Gasteiger partial charge in [-0.1, -0.05) is 30.3 Å². The van der Waals surface area contributed by atoms with Crippen molar-refractivity contribution in [2.24, 2.45) is 5.73 Å². The molecule has 2 rings (SSSR count). The van der Waals surface area contributed by atoms with E-state index in [9.17, 15) is 4.79 Å². The van der Waals surface area contributed by atoms with Crippen LogP contribution in [0.3, 0.4) is 0 Å². The summed E-state index contributed by atoms with van der Waals surface area (Å²) in [5.74, 6) is -0.125. The third-order valence-electron chi connectivity index (χ3n) is 2.98. The van der Waals surface area contributed by atoms with Crippen LogP contribution in [0.2, 0.25) is 0 Å². The van der Waals surface area contributed by atoms with Gasteiger partial charge in [0.15, 0.2) is 0 Å². The van der Waals surface area contributed by atoms with E-state index in [1.54, 1.807) is 11.1 Å². The number of carbonyl (C=O) groups excluding carboxylic acids is 1. The van der Waals surface area contributed by atoms with Crippen LogP contribution in [0.5, 0.6) is 0 Å². The lowest BCUT2D eigenvalue weighted by Crippen LogP contribution is -2.37. The van der Waals surface area contributed by atoms with Crippen LogP contribution in [-0.2, 0) is 6.42 Å². The number of hydrogen-bond acceptors (Lipinski definition) is 4. The van der Waals surface area contributed by atoms with E-state index < -0.39 is 0 Å². The predicted octanol–water partition coefficient (Wildman–Crippen LogP) is 1.96. The second-order valence-corrected chi connectivity index (χ2v) is 4.41. The summed E-state index contributed by atoms with van der Waals surface area (Å²) in [7, 11) is 0. The number of benzene rings is 1. The molecule has 0 aliphatic carbocycles. The first kappa shape index (κ1) is 20.3. The molecular weight excluding hydrogens is 323 g/mol. The van der Waals surface area contributed by atoms with Gasteiger partial charge < -0.3 is 10.6 Å². The van der Waals surface area contributed by atoms with Crippen molar-refractivity contribution in [3.8, 4) is 0 Å². The summed E-state index contributed by atoms with van der Waals surface area (Å²) >= 11 is 0. The zero-order chi connectivity index (χ0) is 14.2. The van der Waals surface area contributed by atoms with Gasteiger partial charge in [-0.2, -0.15) is 0 Å². The fourth-order valence-corrected chi connectivity index (χ4v) is 1.95. The van der Waals surface area contributed by atoms with Crippen molar-refractivity contribution >= 4 is 30.7 Å². The molecule has 1 aromatic carbocycles. The standard InChI is InChI=1S/C15H18N4O.2ClH/c16-7-11-19(10-6-13-4-2-1-3-5-13)15(20)14-12-17-8-9-18-14;;/h1-5,8-9,12H,6-7,10-11,16H2;2*1H. The van der Waals surface area contributed by atoms with Crippen molar-refractivity contribution in [1.29, 1.82) is 0 Å². The molecule has 0 bridgehead atoms. The molecule has 0 unspecified atom stereocenters. The zero-order valence-corrected chi connectivity index (χ0v) is 13.7. The topological polar surface area (TPSA) is 72.1 Å². The molecule has 0 spiro atoms. The second kappa shape index (κ2) is 11.0. The highest BCUT2D eigenvalue weighted by Crippen LogP contribution is 2.04. The van der Waals surface area contributed by atoms with Gasteiger partial charge in [0.05, 0.1) is 6.20 Å². The summed E-state index contributed by atoms with van der Waals surface area (Å²) in [6, 6.07) is 10.1. The molecule has 2 N–H and O–H groups in total. The third-order valence-corrected chi connectivity index (χ3v) is 2.98. The van der Waals surface area contributed by atoms with Crippen molar-refractivity contribution in [3.63, 3.8) is 0 Å². The number of amides is 1. The van der Waals surface area contributed by atoms with Crippen molar-refractivity contribution < 1.29 is 4.79 Å². The molecule has 0 saturated heterocycles. The van der Waals surface area contributed by atoms with Crippen LogP contribution in [0.15, 0.2) is 48.9 Å². The summed E-state index contributed by atoms with van der Waals surface area (Å²) in [6.07, 6.45) is 5.35. The highest BCUT2D eigenvalue weighted by atomic mass is 35.5. The van der Waals surface area contributed by atoms with Crippen molar-refractivity contribution in [1.82, 2.24) is 14.9 Å². The minimum atomic E-state index is -0.125. The van der Waals surface area contributed by atoms with E-state index in [1.165, 1.54) is 18.0 Å². The molecule has 22 heavy (non-hydrogen) atoms. The van der Waals surface area contributed by atoms with Crippen LogP contribution in [0.4, 0.5) is 0 Å². The fraction of sp³-hybridized carbons (Fsp3) is 0.267. The number of nitrogens with two attached hydrogens (primary N) is 1. The lowest BCUT2D eigenvalue weighted by Gasteiger charge is -2.21. The maximum absolute atomic E-state index is 12.3. The number of nitrogens with zero attached hydrogens (tertiary/aromatic N) is 3. The monoisotopic (exact) mass is 342 g/mol. The molecular formula is C15H20Cl2N4O. The fourth-order valence-electron chi connectivity index (χ4n) is 1.95. The highest BCUT2D eigenvalue weighted by Gasteiger charge is 2.16. The van der Waals surface area contributed by atoms with Crippen LogP contribution < -0.4 is 5.73 Å². The van der Waals surface area contributed by atoms with Gasteiger partial charge in [0.25, 0.3) is 5.91 Å². The largest absolute Gasteiger partial charge is 0.336 e. The molecule has 120 valence electrons. The first-order chi connectivity index (χ1) is 9.81. The molecule has 5 nitrogen and oxygen atoms in total. The molecule has 0 fully saturated rings. The van der Waals surface area contributed by atoms with Crippen molar-refractivity contribution in [2.75, 3.05) is 19.6 Å². The minimum Gasteiger partial charge on any atom is -0.336 e. The summed E-state index contributed by atoms with van der Waals surface area (Å²) in [6.45, 7) is 1.57. The minimum absolute atomic E-state index is 0. The van der Waals surface area contributed by atoms with E-state index in [-0.39, 0.29) is 30.7 Å². The van der Waals surface area contributed by atoms with E-state index in [4.69, 9.17) is 5.73 Å². The van der Waals surface area contributed by atoms with Gasteiger partial charge in [-0.05, 0) is 12.0 Å². The van der Waals surface area contributed by atoms with Gasteiger partial charge in [-0.15, -0.1) is 24.8 Å². The Morgan fingerprint density at radius 1 is 1.09 bits per heavy atom. The summed E-state index contributed by atoms with van der Waals surface area (Å²) in [5.41, 5.74) is 7.14. The molecule has 2 aromatic rings. The van der Waals surface area contributed by atoms with Gasteiger partial charge in [0.2, 0.25) is 0 Å². The maximum atomic E-state index is 12.3. The average molecular weight is 343 g/mol. The number of halogens is 2. The molecule has 0 aliphatic heterocycles. The average Bonchev–Trinajstić information content (AvgIpc) is 2.52. The molecule has 7 heteroatoms. The quantitative estimate of drug-likeness (QED) is 0.870. The Morgan fingerprint density at radius 3 is 2.41 bits per heavy atom. The highest BCUT2D eigenvalue weighted by molar-refractivity contribution is 5.91. The Morgan fingerprint density at radius 2 is 1.82 bits per heavy atom. The molecule has 1 heterocycles. The maximum Gasteiger partial charge on any atom is 0.274 e. The van der Waals surface area contributed by atoms with Crippen LogP contribution in [0, 0.1) is 0 Å². The number of hydrogen-bond donors (Lipinski definition) is 1. The number of rotatable bonds is 6. The van der Waals surface area contributed by atoms with Gasteiger partial charge in [-0.3, -0.25) is 9.78 Å². The van der Waals surface area contributed by atoms with Crippen LogP contribution in [0.25, 0.3) is 0 Å². The van der Waals surface area contributed by atoms with E-state index in [0.29, 0.717) is 25.3 Å². The SMILES string of the molecule is Cl.Cl.NCCN(CCc1ccccc1)C(=O)c1cnccn1. The summed E-state index contributed by atoms with van der Waals surface area (Å²) in [4.78, 5) is 22.0. The first-order valence-electron chi connectivity index (χ1n) is 6.60. The summed E-state index contributed by atoms with van der Waals surface area (Å²) < 4.78 is 0. The Labute approximate surface area is 142 Å². The van der Waals surface area contributed by atoms with Crippen LogP contribution >= 0.6 is 24.8 Å². The lowest BCUT2D eigenvalue weighted by molar-refractivity contribution is 0.0755. The van der Waals surface area contributed by atoms with Gasteiger partial charge in [-0.25, -0.2) is 4.98 Å². The van der Waals surface area contributed by atoms with Crippen LogP contribution in [0.1, 0.15) is 16.1 Å². The van der Waals surface area contributed by atoms with Crippen LogP contribution in [-0.4, -0.2) is 40.4 Å². The smallest absolute Gasteiger partial charge is 0.274 e. The third kappa shape index (κ3) is 5.97. The number of aromatic nitrogens is 2. The molecule has 0 radical (unpaired) electrons. The molecule has 0 saturated carbocycles. The zero-order valence-electron chi connectivity index (χ0n) is 12.1. The van der Waals surface area contributed by atoms with E-state index in [1.807, 2.05) is 30.3 Å². The normalized spacial score (nSPS) is 9.32. The first-order valence-corrected chi connectivity index (χ1v) is 6.60. The lowest BCUT2D eigenvalue weighted by atomic mass is 10.1. The van der Waals surface area contributed by atoms with Crippen molar-refractivity contribution in [3.05, 3.63) is 60.2 Å². The molecule has 1 aromatic heterocycles. The summed E-state index contributed by atoms with van der Waals surface area (Å²) in [5, 5.41) is 0. The van der Waals surface area contributed by atoms with Crippen molar-refractivity contribution in [2.45, 2.75) is 6.42 Å². The predicted molar refractivity (Wildman–Crippen MR) is 91.6 cm³/mol. The van der Waals surface area contributed by atoms with Gasteiger partial charge in [0, 0.05) is 32.0 Å². The van der Waals surface area contributed by atoms with Gasteiger partial charge >= 0.3 is 0 Å². The van der Waals surface area contributed by atoms with E-state index in [0.717, 1.165) is 6.42 Å². The second-order valence-electron chi connectivity index (χ2n) is 4.41. The van der Waals surface area contributed by atoms with E-state index >= 15 is 0 Å². The Hall–Kier alpha value is -1.69.